The molecule has 0 saturated heterocycles. The third-order valence-electron chi connectivity index (χ3n) is 3.82. The van der Waals surface area contributed by atoms with Crippen LogP contribution in [0.4, 0.5) is 0 Å². The van der Waals surface area contributed by atoms with Crippen molar-refractivity contribution in [2.24, 2.45) is 7.05 Å². The minimum Gasteiger partial charge on any atom is -0.265 e. The maximum Gasteiger partial charge on any atom is 0.293 e. The summed E-state index contributed by atoms with van der Waals surface area (Å²) < 4.78 is 3.05. The number of aryl methyl sites for hydroxylation is 1. The second-order valence-electron chi connectivity index (χ2n) is 5.39. The monoisotopic (exact) mass is 300 g/mol. The molecule has 3 aromatic rings. The molecule has 1 aliphatic carbocycles. The smallest absolute Gasteiger partial charge is 0.265 e. The van der Waals surface area contributed by atoms with Crippen molar-refractivity contribution in [3.63, 3.8) is 0 Å². The highest BCUT2D eigenvalue weighted by atomic mass is 35.5. The van der Waals surface area contributed by atoms with Gasteiger partial charge in [-0.1, -0.05) is 17.7 Å². The van der Waals surface area contributed by atoms with Gasteiger partial charge in [0.15, 0.2) is 0 Å². The number of hydrogen-bond acceptors (Lipinski definition) is 3. The molecule has 0 amide bonds. The molecule has 2 heterocycles. The first-order valence-corrected chi connectivity index (χ1v) is 7.24. The molecule has 0 unspecified atom stereocenters. The summed E-state index contributed by atoms with van der Waals surface area (Å²) >= 11 is 6.04. The highest BCUT2D eigenvalue weighted by Crippen LogP contribution is 2.41. The van der Waals surface area contributed by atoms with Gasteiger partial charge in [-0.25, -0.2) is 9.36 Å². The lowest BCUT2D eigenvalue weighted by Gasteiger charge is -2.06. The molecule has 5 nitrogen and oxygen atoms in total. The molecule has 21 heavy (non-hydrogen) atoms. The van der Waals surface area contributed by atoms with E-state index in [0.717, 1.165) is 29.6 Å². The maximum atomic E-state index is 12.5. The Kier molecular flexibility index (Phi) is 2.65. The van der Waals surface area contributed by atoms with E-state index in [1.165, 1.54) is 4.68 Å². The van der Waals surface area contributed by atoms with Crippen molar-refractivity contribution in [3.8, 4) is 5.69 Å². The molecule has 0 radical (unpaired) electrons. The predicted molar refractivity (Wildman–Crippen MR) is 81.1 cm³/mol. The molecule has 106 valence electrons. The zero-order valence-corrected chi connectivity index (χ0v) is 12.2. The molecular weight excluding hydrogens is 288 g/mol. The number of nitrogens with zero attached hydrogens (tertiary/aromatic N) is 4. The van der Waals surface area contributed by atoms with E-state index in [1.807, 2.05) is 12.1 Å². The summed E-state index contributed by atoms with van der Waals surface area (Å²) in [5, 5.41) is 10.3. The molecule has 6 heteroatoms. The summed E-state index contributed by atoms with van der Waals surface area (Å²) in [6.07, 6.45) is 3.99. The fourth-order valence-electron chi connectivity index (χ4n) is 2.62. The van der Waals surface area contributed by atoms with Crippen LogP contribution in [0, 0.1) is 0 Å². The molecule has 4 rings (SSSR count). The lowest BCUT2D eigenvalue weighted by atomic mass is 10.2. The predicted octanol–water partition coefficient (Wildman–Crippen LogP) is 2.65. The van der Waals surface area contributed by atoms with E-state index in [4.69, 9.17) is 11.6 Å². The summed E-state index contributed by atoms with van der Waals surface area (Å²) in [4.78, 5) is 12.5. The van der Waals surface area contributed by atoms with Gasteiger partial charge in [0.05, 0.1) is 17.6 Å². The van der Waals surface area contributed by atoms with Crippen LogP contribution in [-0.4, -0.2) is 19.6 Å². The van der Waals surface area contributed by atoms with Crippen LogP contribution in [0.2, 0.25) is 5.02 Å². The Morgan fingerprint density at radius 2 is 2.14 bits per heavy atom. The molecule has 0 atom stereocenters. The zero-order valence-electron chi connectivity index (χ0n) is 11.5. The van der Waals surface area contributed by atoms with Crippen LogP contribution >= 0.6 is 11.6 Å². The molecule has 2 aromatic heterocycles. The van der Waals surface area contributed by atoms with Crippen molar-refractivity contribution in [2.75, 3.05) is 0 Å². The van der Waals surface area contributed by atoms with Gasteiger partial charge in [0.2, 0.25) is 0 Å². The Hall–Kier alpha value is -2.14. The van der Waals surface area contributed by atoms with Crippen molar-refractivity contribution in [3.05, 3.63) is 51.5 Å². The van der Waals surface area contributed by atoms with Crippen LogP contribution in [0.15, 0.2) is 35.3 Å². The van der Waals surface area contributed by atoms with Gasteiger partial charge >= 0.3 is 0 Å². The highest BCUT2D eigenvalue weighted by molar-refractivity contribution is 6.30. The summed E-state index contributed by atoms with van der Waals surface area (Å²) in [5.41, 5.74) is 2.17. The molecular formula is C15H13ClN4O. The van der Waals surface area contributed by atoms with Gasteiger partial charge in [-0.15, -0.1) is 0 Å². The average Bonchev–Trinajstić information content (AvgIpc) is 3.21. The lowest BCUT2D eigenvalue weighted by molar-refractivity contribution is 0.687. The molecule has 1 aromatic carbocycles. The normalized spacial score (nSPS) is 14.8. The highest BCUT2D eigenvalue weighted by Gasteiger charge is 2.29. The van der Waals surface area contributed by atoms with E-state index >= 15 is 0 Å². The fourth-order valence-corrected chi connectivity index (χ4v) is 2.80. The van der Waals surface area contributed by atoms with Crippen molar-refractivity contribution < 1.29 is 0 Å². The van der Waals surface area contributed by atoms with E-state index in [1.54, 1.807) is 30.1 Å². The van der Waals surface area contributed by atoms with Crippen molar-refractivity contribution in [2.45, 2.75) is 18.8 Å². The van der Waals surface area contributed by atoms with Crippen molar-refractivity contribution in [1.82, 2.24) is 19.6 Å². The van der Waals surface area contributed by atoms with Crippen LogP contribution < -0.4 is 5.56 Å². The second-order valence-corrected chi connectivity index (χ2v) is 5.82. The van der Waals surface area contributed by atoms with Gasteiger partial charge in [-0.3, -0.25) is 4.79 Å². The Bertz CT molecular complexity index is 908. The van der Waals surface area contributed by atoms with Crippen LogP contribution in [0.25, 0.3) is 16.6 Å². The average molecular weight is 301 g/mol. The number of aromatic nitrogens is 4. The van der Waals surface area contributed by atoms with Gasteiger partial charge in [0, 0.05) is 23.4 Å². The van der Waals surface area contributed by atoms with Gasteiger partial charge in [0.25, 0.3) is 5.56 Å². The van der Waals surface area contributed by atoms with E-state index in [2.05, 4.69) is 10.2 Å². The topological polar surface area (TPSA) is 52.7 Å². The first kappa shape index (κ1) is 12.6. The lowest BCUT2D eigenvalue weighted by Crippen LogP contribution is -2.23. The van der Waals surface area contributed by atoms with E-state index in [0.29, 0.717) is 16.5 Å². The van der Waals surface area contributed by atoms with E-state index in [9.17, 15) is 4.79 Å². The second kappa shape index (κ2) is 4.43. The summed E-state index contributed by atoms with van der Waals surface area (Å²) in [7, 11) is 1.68. The largest absolute Gasteiger partial charge is 0.293 e. The van der Waals surface area contributed by atoms with Gasteiger partial charge in [-0.2, -0.15) is 10.2 Å². The van der Waals surface area contributed by atoms with Crippen LogP contribution in [0.3, 0.4) is 0 Å². The Balaban J connectivity index is 2.05. The van der Waals surface area contributed by atoms with E-state index in [-0.39, 0.29) is 5.56 Å². The van der Waals surface area contributed by atoms with Gasteiger partial charge in [-0.05, 0) is 31.0 Å². The van der Waals surface area contributed by atoms with Crippen LogP contribution in [0.5, 0.6) is 0 Å². The van der Waals surface area contributed by atoms with Gasteiger partial charge < -0.3 is 0 Å². The van der Waals surface area contributed by atoms with Crippen LogP contribution in [0.1, 0.15) is 24.5 Å². The minimum atomic E-state index is -0.146. The molecule has 0 aliphatic heterocycles. The number of hydrogen-bond donors (Lipinski definition) is 0. The first-order chi connectivity index (χ1) is 10.1. The van der Waals surface area contributed by atoms with Gasteiger partial charge in [0.1, 0.15) is 5.52 Å². The summed E-state index contributed by atoms with van der Waals surface area (Å²) in [5.74, 6) is 0.455. The molecule has 1 aliphatic rings. The number of benzene rings is 1. The zero-order chi connectivity index (χ0) is 14.6. The summed E-state index contributed by atoms with van der Waals surface area (Å²) in [6.45, 7) is 0. The standard InChI is InChI=1S/C15H13ClN4O/c1-19-15(21)14-12(13(18-19)9-5-6-9)8-17-20(14)11-4-2-3-10(16)7-11/h2-4,7-9H,5-6H2,1H3. The first-order valence-electron chi connectivity index (χ1n) is 6.86. The number of fused-ring (bicyclic) bond motifs is 1. The SMILES string of the molecule is Cn1nc(C2CC2)c2cnn(-c3cccc(Cl)c3)c2c1=O. The Labute approximate surface area is 125 Å². The molecule has 0 bridgehead atoms. The maximum absolute atomic E-state index is 12.5. The Morgan fingerprint density at radius 3 is 2.86 bits per heavy atom. The third-order valence-corrected chi connectivity index (χ3v) is 4.05. The van der Waals surface area contributed by atoms with Crippen molar-refractivity contribution in [1.29, 1.82) is 0 Å². The van der Waals surface area contributed by atoms with Crippen molar-refractivity contribution >= 4 is 22.5 Å². The van der Waals surface area contributed by atoms with Crippen LogP contribution in [-0.2, 0) is 7.05 Å². The fraction of sp³-hybridized carbons (Fsp3) is 0.267. The third kappa shape index (κ3) is 1.96. The molecule has 0 spiro atoms. The molecule has 0 N–H and O–H groups in total. The summed E-state index contributed by atoms with van der Waals surface area (Å²) in [6, 6.07) is 7.32. The number of halogens is 1. The quantitative estimate of drug-likeness (QED) is 0.731. The van der Waals surface area contributed by atoms with E-state index < -0.39 is 0 Å². The minimum absolute atomic E-state index is 0.146. The number of rotatable bonds is 2. The Morgan fingerprint density at radius 1 is 1.33 bits per heavy atom. The molecule has 1 fully saturated rings. The molecule has 1 saturated carbocycles.